The zero-order valence-corrected chi connectivity index (χ0v) is 16.6. The molecule has 30 heavy (non-hydrogen) atoms. The first-order valence-electron chi connectivity index (χ1n) is 9.76. The second kappa shape index (κ2) is 9.82. The maximum Gasteiger partial charge on any atom is 0.246 e. The predicted molar refractivity (Wildman–Crippen MR) is 112 cm³/mol. The molecule has 7 heteroatoms. The van der Waals surface area contributed by atoms with Crippen molar-refractivity contribution in [2.75, 3.05) is 25.0 Å². The molecular formula is C23H24FN3O3. The summed E-state index contributed by atoms with van der Waals surface area (Å²) >= 11 is 0. The van der Waals surface area contributed by atoms with Crippen molar-refractivity contribution in [2.24, 2.45) is 0 Å². The second-order valence-corrected chi connectivity index (χ2v) is 7.15. The van der Waals surface area contributed by atoms with Gasteiger partial charge >= 0.3 is 0 Å². The number of amides is 3. The van der Waals surface area contributed by atoms with Crippen LogP contribution in [0.4, 0.5) is 10.1 Å². The lowest BCUT2D eigenvalue weighted by atomic mass is 10.0. The molecule has 0 saturated carbocycles. The van der Waals surface area contributed by atoms with Crippen LogP contribution >= 0.6 is 0 Å². The van der Waals surface area contributed by atoms with Crippen LogP contribution in [0.2, 0.25) is 0 Å². The Labute approximate surface area is 175 Å². The lowest BCUT2D eigenvalue weighted by Gasteiger charge is -2.41. The van der Waals surface area contributed by atoms with Gasteiger partial charge in [-0.25, -0.2) is 4.39 Å². The van der Waals surface area contributed by atoms with Crippen molar-refractivity contribution in [3.63, 3.8) is 0 Å². The topological polar surface area (TPSA) is 69.7 Å². The second-order valence-electron chi connectivity index (χ2n) is 7.15. The van der Waals surface area contributed by atoms with Crippen molar-refractivity contribution >= 4 is 23.4 Å². The van der Waals surface area contributed by atoms with Crippen molar-refractivity contribution in [2.45, 2.75) is 18.9 Å². The summed E-state index contributed by atoms with van der Waals surface area (Å²) in [6.45, 7) is 4.65. The van der Waals surface area contributed by atoms with Crippen molar-refractivity contribution in [3.05, 3.63) is 78.6 Å². The van der Waals surface area contributed by atoms with Crippen molar-refractivity contribution in [1.29, 1.82) is 0 Å². The summed E-state index contributed by atoms with van der Waals surface area (Å²) in [6.07, 6.45) is 1.53. The Morgan fingerprint density at radius 1 is 1.07 bits per heavy atom. The average Bonchev–Trinajstić information content (AvgIpc) is 2.75. The number of nitrogens with one attached hydrogen (secondary N) is 1. The van der Waals surface area contributed by atoms with E-state index in [0.717, 1.165) is 5.56 Å². The van der Waals surface area contributed by atoms with Crippen LogP contribution in [0.25, 0.3) is 0 Å². The van der Waals surface area contributed by atoms with E-state index in [4.69, 9.17) is 0 Å². The smallest absolute Gasteiger partial charge is 0.246 e. The molecule has 0 bridgehead atoms. The summed E-state index contributed by atoms with van der Waals surface area (Å²) < 4.78 is 13.0. The molecule has 0 aromatic heterocycles. The van der Waals surface area contributed by atoms with E-state index < -0.39 is 11.7 Å². The molecule has 2 aromatic rings. The molecule has 2 aromatic carbocycles. The van der Waals surface area contributed by atoms with E-state index >= 15 is 0 Å². The van der Waals surface area contributed by atoms with Gasteiger partial charge in [0.05, 0.1) is 6.04 Å². The number of piperazine rings is 1. The molecule has 0 spiro atoms. The fourth-order valence-electron chi connectivity index (χ4n) is 3.55. The van der Waals surface area contributed by atoms with Crippen LogP contribution in [0.1, 0.15) is 12.0 Å². The minimum absolute atomic E-state index is 0.172. The van der Waals surface area contributed by atoms with Crippen LogP contribution in [-0.2, 0) is 20.8 Å². The molecule has 0 aliphatic carbocycles. The standard InChI is InChI=1S/C23H24FN3O3/c1-2-22(29)26-12-13-27(20(16-26)14-17-6-4-3-5-7-17)23(30)15-21(28)25-19-10-8-18(24)9-11-19/h2-11,20H,1,12-16H2,(H,25,28). The molecule has 1 aliphatic rings. The van der Waals surface area contributed by atoms with Crippen molar-refractivity contribution in [3.8, 4) is 0 Å². The van der Waals surface area contributed by atoms with Crippen LogP contribution in [0.5, 0.6) is 0 Å². The summed E-state index contributed by atoms with van der Waals surface area (Å²) in [5.74, 6) is -1.34. The number of anilines is 1. The molecule has 3 amide bonds. The van der Waals surface area contributed by atoms with Gasteiger partial charge in [0, 0.05) is 25.3 Å². The third-order valence-electron chi connectivity index (χ3n) is 5.04. The van der Waals surface area contributed by atoms with Crippen LogP contribution in [0.3, 0.4) is 0 Å². The number of carbonyl (C=O) groups is 3. The van der Waals surface area contributed by atoms with Gasteiger partial charge in [0.25, 0.3) is 0 Å². The fourth-order valence-corrected chi connectivity index (χ4v) is 3.55. The van der Waals surface area contributed by atoms with E-state index in [-0.39, 0.29) is 24.3 Å². The molecule has 1 heterocycles. The van der Waals surface area contributed by atoms with Gasteiger partial charge in [-0.1, -0.05) is 36.9 Å². The minimum Gasteiger partial charge on any atom is -0.335 e. The first-order valence-corrected chi connectivity index (χ1v) is 9.76. The van der Waals surface area contributed by atoms with E-state index in [0.29, 0.717) is 31.7 Å². The van der Waals surface area contributed by atoms with Gasteiger partial charge in [-0.05, 0) is 42.3 Å². The Kier molecular flexibility index (Phi) is 6.95. The molecule has 1 atom stereocenters. The van der Waals surface area contributed by atoms with Gasteiger partial charge in [-0.2, -0.15) is 0 Å². The van der Waals surface area contributed by atoms with E-state index in [9.17, 15) is 18.8 Å². The summed E-state index contributed by atoms with van der Waals surface area (Å²) in [5, 5.41) is 2.61. The van der Waals surface area contributed by atoms with Gasteiger partial charge in [-0.3, -0.25) is 14.4 Å². The number of rotatable bonds is 6. The highest BCUT2D eigenvalue weighted by Gasteiger charge is 2.32. The van der Waals surface area contributed by atoms with Crippen LogP contribution in [-0.4, -0.2) is 53.2 Å². The Balaban J connectivity index is 1.67. The number of benzene rings is 2. The van der Waals surface area contributed by atoms with Gasteiger partial charge in [0.15, 0.2) is 0 Å². The van der Waals surface area contributed by atoms with Crippen LogP contribution in [0.15, 0.2) is 67.3 Å². The molecule has 156 valence electrons. The van der Waals surface area contributed by atoms with Crippen LogP contribution < -0.4 is 5.32 Å². The average molecular weight is 409 g/mol. The van der Waals surface area contributed by atoms with Crippen molar-refractivity contribution < 1.29 is 18.8 Å². The summed E-state index contributed by atoms with van der Waals surface area (Å²) in [5.41, 5.74) is 1.47. The number of hydrogen-bond acceptors (Lipinski definition) is 3. The molecule has 1 fully saturated rings. The maximum absolute atomic E-state index is 13.0. The fraction of sp³-hybridized carbons (Fsp3) is 0.261. The largest absolute Gasteiger partial charge is 0.335 e. The molecule has 6 nitrogen and oxygen atoms in total. The first kappa shape index (κ1) is 21.2. The molecule has 1 unspecified atom stereocenters. The highest BCUT2D eigenvalue weighted by molar-refractivity contribution is 6.03. The lowest BCUT2D eigenvalue weighted by Crippen LogP contribution is -2.57. The number of nitrogens with zero attached hydrogens (tertiary/aromatic N) is 2. The molecule has 3 rings (SSSR count). The summed E-state index contributed by atoms with van der Waals surface area (Å²) in [7, 11) is 0. The molecule has 0 radical (unpaired) electrons. The maximum atomic E-state index is 13.0. The SMILES string of the molecule is C=CC(=O)N1CCN(C(=O)CC(=O)Nc2ccc(F)cc2)C(Cc2ccccc2)C1. The zero-order chi connectivity index (χ0) is 21.5. The van der Waals surface area contributed by atoms with E-state index in [1.807, 2.05) is 30.3 Å². The highest BCUT2D eigenvalue weighted by atomic mass is 19.1. The number of hydrogen-bond donors (Lipinski definition) is 1. The van der Waals surface area contributed by atoms with Crippen molar-refractivity contribution in [1.82, 2.24) is 9.80 Å². The third kappa shape index (κ3) is 5.53. The molecular weight excluding hydrogens is 385 g/mol. The highest BCUT2D eigenvalue weighted by Crippen LogP contribution is 2.17. The van der Waals surface area contributed by atoms with Gasteiger partial charge in [0.1, 0.15) is 12.2 Å². The summed E-state index contributed by atoms with van der Waals surface area (Å²) in [6, 6.07) is 14.8. The Hall–Kier alpha value is -3.48. The molecule has 1 N–H and O–H groups in total. The van der Waals surface area contributed by atoms with Crippen LogP contribution in [0, 0.1) is 5.82 Å². The predicted octanol–water partition coefficient (Wildman–Crippen LogP) is 2.62. The third-order valence-corrected chi connectivity index (χ3v) is 5.04. The number of carbonyl (C=O) groups excluding carboxylic acids is 3. The number of halogens is 1. The zero-order valence-electron chi connectivity index (χ0n) is 16.6. The van der Waals surface area contributed by atoms with Gasteiger partial charge < -0.3 is 15.1 Å². The Morgan fingerprint density at radius 3 is 2.43 bits per heavy atom. The quantitative estimate of drug-likeness (QED) is 0.589. The molecule has 1 saturated heterocycles. The normalized spacial score (nSPS) is 16.1. The Bertz CT molecular complexity index is 915. The van der Waals surface area contributed by atoms with Gasteiger partial charge in [0.2, 0.25) is 17.7 Å². The molecule has 1 aliphatic heterocycles. The lowest BCUT2D eigenvalue weighted by molar-refractivity contribution is -0.142. The van der Waals surface area contributed by atoms with E-state index in [1.54, 1.807) is 9.80 Å². The minimum atomic E-state index is -0.463. The Morgan fingerprint density at radius 2 is 1.77 bits per heavy atom. The first-order chi connectivity index (χ1) is 14.5. The van der Waals surface area contributed by atoms with E-state index in [2.05, 4.69) is 11.9 Å². The van der Waals surface area contributed by atoms with Gasteiger partial charge in [-0.15, -0.1) is 0 Å². The van der Waals surface area contributed by atoms with E-state index in [1.165, 1.54) is 30.3 Å². The monoisotopic (exact) mass is 409 g/mol. The summed E-state index contributed by atoms with van der Waals surface area (Å²) in [4.78, 5) is 40.6.